The zero-order valence-electron chi connectivity index (χ0n) is 44.8. The number of rotatable bonds is 8. The molecule has 3 heteroatoms. The smallest absolute Gasteiger partial charge is 0.101 e. The number of hydrogen-bond donors (Lipinski definition) is 0. The first-order chi connectivity index (χ1) is 40.7. The minimum absolute atomic E-state index is 0.568. The van der Waals surface area contributed by atoms with E-state index in [-0.39, 0.29) is 0 Å². The van der Waals surface area contributed by atoms with Crippen LogP contribution >= 0.6 is 0 Å². The van der Waals surface area contributed by atoms with Crippen molar-refractivity contribution in [3.05, 3.63) is 354 Å². The zero-order chi connectivity index (χ0) is 53.9. The average molecular weight is 1040 g/mol. The third-order valence-corrected chi connectivity index (χ3v) is 18.1. The van der Waals surface area contributed by atoms with Gasteiger partial charge in [0.25, 0.3) is 0 Å². The van der Waals surface area contributed by atoms with E-state index in [0.717, 1.165) is 67.0 Å². The molecule has 82 heavy (non-hydrogen) atoms. The Kier molecular flexibility index (Phi) is 10.1. The lowest BCUT2D eigenvalue weighted by Gasteiger charge is -2.36. The quantitative estimate of drug-likeness (QED) is 0.151. The minimum Gasteiger partial charge on any atom is -0.308 e. The molecule has 17 rings (SSSR count). The average Bonchev–Trinajstić information content (AvgIpc) is 3.02. The highest BCUT2D eigenvalue weighted by Crippen LogP contribution is 2.64. The summed E-state index contributed by atoms with van der Waals surface area (Å²) in [6, 6.07) is 115. The molecule has 0 radical (unpaired) electrons. The molecule has 0 fully saturated rings. The fraction of sp³-hybridized carbons (Fsp3) is 0.0253. The zero-order valence-corrected chi connectivity index (χ0v) is 44.8. The minimum atomic E-state index is -0.636. The van der Waals surface area contributed by atoms with Gasteiger partial charge in [-0.05, 0) is 108 Å². The number of anilines is 3. The molecule has 14 aromatic rings. The Balaban J connectivity index is 1.04. The van der Waals surface area contributed by atoms with Gasteiger partial charge in [0.1, 0.15) is 5.69 Å². The van der Waals surface area contributed by atoms with E-state index in [9.17, 15) is 0 Å². The summed E-state index contributed by atoms with van der Waals surface area (Å²) in [5, 5.41) is 8.11. The summed E-state index contributed by atoms with van der Waals surface area (Å²) in [6.07, 6.45) is 0. The predicted octanol–water partition coefficient (Wildman–Crippen LogP) is 19.7. The van der Waals surface area contributed by atoms with Crippen LogP contribution in [0, 0.1) is 0 Å². The lowest BCUT2D eigenvalue weighted by Crippen LogP contribution is -2.28. The molecule has 0 saturated heterocycles. The molecule has 2 heterocycles. The molecule has 0 saturated carbocycles. The number of nitrogens with zero attached hydrogens (tertiary/aromatic N) is 3. The van der Waals surface area contributed by atoms with Crippen molar-refractivity contribution in [2.75, 3.05) is 4.90 Å². The largest absolute Gasteiger partial charge is 0.308 e. The molecule has 0 N–H and O–H groups in total. The number of fused-ring (bicyclic) bond motifs is 16. The second-order valence-corrected chi connectivity index (χ2v) is 22.0. The van der Waals surface area contributed by atoms with Gasteiger partial charge in [-0.25, -0.2) is 4.52 Å². The van der Waals surface area contributed by atoms with Gasteiger partial charge in [-0.2, -0.15) is 5.10 Å². The molecule has 1 spiro atoms. The Hall–Kier alpha value is -10.6. The van der Waals surface area contributed by atoms with Gasteiger partial charge in [0.15, 0.2) is 0 Å². The first kappa shape index (κ1) is 46.3. The number of hydrogen-bond acceptors (Lipinski definition) is 2. The topological polar surface area (TPSA) is 20.5 Å². The van der Waals surface area contributed by atoms with Gasteiger partial charge in [0.2, 0.25) is 0 Å². The number of pyridine rings is 1. The van der Waals surface area contributed by atoms with Crippen molar-refractivity contribution >= 4 is 33.4 Å². The van der Waals surface area contributed by atoms with Crippen molar-refractivity contribution in [1.82, 2.24) is 9.61 Å². The van der Waals surface area contributed by atoms with Gasteiger partial charge in [0.05, 0.1) is 27.7 Å². The van der Waals surface area contributed by atoms with Gasteiger partial charge in [-0.15, -0.1) is 0 Å². The monoisotopic (exact) mass is 1040 g/mol. The van der Waals surface area contributed by atoms with Crippen molar-refractivity contribution in [3.8, 4) is 67.0 Å². The highest BCUT2D eigenvalue weighted by molar-refractivity contribution is 6.16. The van der Waals surface area contributed by atoms with Crippen LogP contribution in [-0.4, -0.2) is 9.61 Å². The molecule has 382 valence electrons. The summed E-state index contributed by atoms with van der Waals surface area (Å²) in [5.74, 6) is 0. The maximum absolute atomic E-state index is 5.89. The molecule has 0 atom stereocenters. The molecule has 0 aliphatic heterocycles. The second-order valence-electron chi connectivity index (χ2n) is 22.0. The van der Waals surface area contributed by atoms with Crippen molar-refractivity contribution < 1.29 is 0 Å². The van der Waals surface area contributed by atoms with E-state index in [4.69, 9.17) is 5.10 Å². The van der Waals surface area contributed by atoms with Gasteiger partial charge in [0, 0.05) is 38.8 Å². The van der Waals surface area contributed by atoms with Crippen molar-refractivity contribution in [1.29, 1.82) is 0 Å². The molecule has 3 aliphatic carbocycles. The molecule has 0 unspecified atom stereocenters. The lowest BCUT2D eigenvalue weighted by atomic mass is 9.67. The third kappa shape index (κ3) is 6.33. The Morgan fingerprint density at radius 3 is 1.15 bits per heavy atom. The highest BCUT2D eigenvalue weighted by atomic mass is 15.3. The Morgan fingerprint density at radius 2 is 0.659 bits per heavy atom. The highest BCUT2D eigenvalue weighted by Gasteiger charge is 2.52. The van der Waals surface area contributed by atoms with E-state index in [2.05, 4.69) is 319 Å². The molecule has 0 amide bonds. The molecular weight excluding hydrogens is 991 g/mol. The fourth-order valence-electron chi connectivity index (χ4n) is 14.9. The van der Waals surface area contributed by atoms with E-state index in [1.165, 1.54) is 77.9 Å². The van der Waals surface area contributed by atoms with Gasteiger partial charge < -0.3 is 4.90 Å². The van der Waals surface area contributed by atoms with Crippen molar-refractivity contribution in [2.45, 2.75) is 10.8 Å². The number of aromatic nitrogens is 2. The van der Waals surface area contributed by atoms with Crippen LogP contribution < -0.4 is 4.90 Å². The van der Waals surface area contributed by atoms with E-state index in [1.54, 1.807) is 0 Å². The van der Waals surface area contributed by atoms with Gasteiger partial charge in [-0.1, -0.05) is 285 Å². The number of benzene rings is 12. The predicted molar refractivity (Wildman–Crippen MR) is 337 cm³/mol. The normalized spacial score (nSPS) is 13.6. The second kappa shape index (κ2) is 18.0. The molecule has 3 nitrogen and oxygen atoms in total. The fourth-order valence-corrected chi connectivity index (χ4v) is 14.9. The van der Waals surface area contributed by atoms with Crippen molar-refractivity contribution in [2.24, 2.45) is 0 Å². The molecule has 2 aromatic heterocycles. The first-order valence-corrected chi connectivity index (χ1v) is 28.5. The van der Waals surface area contributed by atoms with E-state index < -0.39 is 10.8 Å². The molecule has 0 bridgehead atoms. The van der Waals surface area contributed by atoms with E-state index in [0.29, 0.717) is 0 Å². The van der Waals surface area contributed by atoms with Crippen LogP contribution in [0.3, 0.4) is 0 Å². The summed E-state index contributed by atoms with van der Waals surface area (Å²) in [5.41, 5.74) is 26.9. The molecular formula is C79H51N3. The van der Waals surface area contributed by atoms with Crippen LogP contribution in [0.4, 0.5) is 17.1 Å². The van der Waals surface area contributed by atoms with Crippen LogP contribution in [0.2, 0.25) is 0 Å². The van der Waals surface area contributed by atoms with Gasteiger partial charge in [-0.3, -0.25) is 0 Å². The van der Waals surface area contributed by atoms with E-state index in [1.807, 2.05) is 0 Å². The third-order valence-electron chi connectivity index (χ3n) is 18.1. The molecule has 3 aliphatic rings. The van der Waals surface area contributed by atoms with Crippen LogP contribution in [0.25, 0.3) is 83.3 Å². The summed E-state index contributed by atoms with van der Waals surface area (Å²) in [6.45, 7) is 0. The maximum Gasteiger partial charge on any atom is 0.101 e. The van der Waals surface area contributed by atoms with Crippen LogP contribution in [0.5, 0.6) is 0 Å². The van der Waals surface area contributed by atoms with Crippen LogP contribution in [0.15, 0.2) is 309 Å². The molecule has 12 aromatic carbocycles. The van der Waals surface area contributed by atoms with Crippen LogP contribution in [0.1, 0.15) is 44.5 Å². The SMILES string of the molecule is c1ccc(-c2nn3c(-c4ccccc4)c(N(c4ccc5c(c4)C(c4ccccc4)(c4ccccc4)c4ccccc4-5)c4ccc5c(c4)C4(c6ccccc6-c6ccccc64)c4ccccc4-5)c4ccccc4c3c2-c2ccccc2)cc1. The van der Waals surface area contributed by atoms with Crippen LogP contribution in [-0.2, 0) is 10.8 Å². The van der Waals surface area contributed by atoms with Gasteiger partial charge >= 0.3 is 0 Å². The Labute approximate surface area is 477 Å². The van der Waals surface area contributed by atoms with Crippen molar-refractivity contribution in [3.63, 3.8) is 0 Å². The maximum atomic E-state index is 5.89. The lowest BCUT2D eigenvalue weighted by molar-refractivity contribution is 0.768. The summed E-state index contributed by atoms with van der Waals surface area (Å²) < 4.78 is 2.28. The first-order valence-electron chi connectivity index (χ1n) is 28.5. The Morgan fingerprint density at radius 1 is 0.293 bits per heavy atom. The van der Waals surface area contributed by atoms with E-state index >= 15 is 0 Å². The Bertz CT molecular complexity index is 4640. The summed E-state index contributed by atoms with van der Waals surface area (Å²) in [4.78, 5) is 2.59. The summed E-state index contributed by atoms with van der Waals surface area (Å²) >= 11 is 0. The summed E-state index contributed by atoms with van der Waals surface area (Å²) in [7, 11) is 0. The standard InChI is InChI=1S/C79H51N3/c1-6-26-52(27-7-1)73-74(53-28-8-2-9-29-53)80-82-75(54-30-10-3-11-31-54)77(66-41-17-16-40-65(66)76(73)82)81(57-46-48-63-61-38-18-22-42-67(61)78(71(63)50-57,55-32-12-4-13-33-55)56-34-14-5-15-35-56)58-47-49-64-62-39-21-25-45-70(62)79(72(64)51-58)68-43-23-19-36-59(68)60-37-20-24-44-69(60)79/h1-51H.